The number of ether oxygens (including phenoxy) is 1. The Morgan fingerprint density at radius 2 is 1.82 bits per heavy atom. The number of benzene rings is 2. The molecule has 9 heteroatoms. The lowest BCUT2D eigenvalue weighted by Gasteiger charge is -2.62. The molecule has 5 aliphatic rings. The molecule has 4 aromatic rings. The SMILES string of the molecule is O[C@@]1(c2nc3ccc(Br)cc3s2)[C@@H]2C[C@@H]3C[C@H]1C[C@@](OCc1c(-c4c(Cl)cccc4Cl)noc1C1CC1)(C3)C2. The number of halogens is 3. The minimum absolute atomic E-state index is 0.135. The van der Waals surface area contributed by atoms with E-state index < -0.39 is 5.60 Å². The summed E-state index contributed by atoms with van der Waals surface area (Å²) in [4.78, 5) is 4.94. The van der Waals surface area contributed by atoms with Gasteiger partial charge in [0, 0.05) is 21.5 Å². The van der Waals surface area contributed by atoms with Gasteiger partial charge in [-0.05, 0) is 93.0 Å². The van der Waals surface area contributed by atoms with Crippen molar-refractivity contribution in [3.8, 4) is 11.3 Å². The van der Waals surface area contributed by atoms with Crippen molar-refractivity contribution >= 4 is 60.7 Å². The highest BCUT2D eigenvalue weighted by atomic mass is 79.9. The Morgan fingerprint density at radius 3 is 2.54 bits per heavy atom. The Balaban J connectivity index is 1.11. The van der Waals surface area contributed by atoms with Crippen LogP contribution in [0, 0.1) is 17.8 Å². The second-order valence-electron chi connectivity index (χ2n) is 12.0. The highest BCUT2D eigenvalue weighted by Crippen LogP contribution is 2.65. The van der Waals surface area contributed by atoms with Crippen LogP contribution >= 0.6 is 50.5 Å². The largest absolute Gasteiger partial charge is 0.382 e. The standard InChI is InChI=1S/C30H27BrCl2N2O3S/c31-19-6-7-23-24(10-19)39-28(34-23)30(36)17-8-15-9-18(30)13-29(11-15,12-17)37-14-20-26(35-38-27(20)16-4-5-16)25-21(32)2-1-3-22(25)33/h1-3,6-7,10,15-18,36H,4-5,8-9,11-14H2/t15-,17-,18+,29-,30+. The molecule has 0 aliphatic heterocycles. The molecule has 2 aromatic heterocycles. The van der Waals surface area contributed by atoms with Crippen LogP contribution in [0.15, 0.2) is 45.4 Å². The van der Waals surface area contributed by atoms with Crippen molar-refractivity contribution < 1.29 is 14.4 Å². The molecule has 4 bridgehead atoms. The number of nitrogens with zero attached hydrogens (tertiary/aromatic N) is 2. The summed E-state index contributed by atoms with van der Waals surface area (Å²) in [5.41, 5.74) is 2.16. The molecule has 2 heterocycles. The van der Waals surface area contributed by atoms with Crippen LogP contribution in [0.25, 0.3) is 21.5 Å². The first kappa shape index (κ1) is 25.2. The molecule has 39 heavy (non-hydrogen) atoms. The Kier molecular flexibility index (Phi) is 5.83. The summed E-state index contributed by atoms with van der Waals surface area (Å²) in [5, 5.41) is 18.7. The molecule has 1 N–H and O–H groups in total. The molecule has 0 amide bonds. The summed E-state index contributed by atoms with van der Waals surface area (Å²) in [6.07, 6.45) is 6.96. The van der Waals surface area contributed by atoms with Crippen molar-refractivity contribution in [2.24, 2.45) is 17.8 Å². The van der Waals surface area contributed by atoms with Crippen molar-refractivity contribution in [2.75, 3.05) is 0 Å². The van der Waals surface area contributed by atoms with Crippen LogP contribution in [-0.4, -0.2) is 20.8 Å². The molecule has 5 fully saturated rings. The topological polar surface area (TPSA) is 68.4 Å². The Bertz CT molecular complexity index is 1580. The van der Waals surface area contributed by atoms with Crippen molar-refractivity contribution in [1.82, 2.24) is 10.1 Å². The molecule has 5 saturated carbocycles. The van der Waals surface area contributed by atoms with E-state index in [2.05, 4.69) is 27.2 Å². The highest BCUT2D eigenvalue weighted by Gasteiger charge is 2.64. The fraction of sp³-hybridized carbons (Fsp3) is 0.467. The third-order valence-electron chi connectivity index (χ3n) is 9.56. The molecule has 2 aromatic carbocycles. The summed E-state index contributed by atoms with van der Waals surface area (Å²) in [6.45, 7) is 0.409. The van der Waals surface area contributed by atoms with Gasteiger partial charge in [-0.25, -0.2) is 4.98 Å². The van der Waals surface area contributed by atoms with E-state index in [1.807, 2.05) is 30.3 Å². The zero-order valence-corrected chi connectivity index (χ0v) is 25.0. The molecule has 0 spiro atoms. The van der Waals surface area contributed by atoms with Crippen LogP contribution in [0.3, 0.4) is 0 Å². The van der Waals surface area contributed by atoms with Gasteiger partial charge in [-0.3, -0.25) is 0 Å². The van der Waals surface area contributed by atoms with Crippen molar-refractivity contribution in [1.29, 1.82) is 0 Å². The molecule has 202 valence electrons. The van der Waals surface area contributed by atoms with E-state index in [0.717, 1.165) is 76.0 Å². The zero-order valence-electron chi connectivity index (χ0n) is 21.1. The van der Waals surface area contributed by atoms with Gasteiger partial charge in [-0.15, -0.1) is 11.3 Å². The first-order chi connectivity index (χ1) is 18.8. The minimum Gasteiger partial charge on any atom is -0.382 e. The fourth-order valence-corrected chi connectivity index (χ4v) is 10.1. The van der Waals surface area contributed by atoms with Gasteiger partial charge < -0.3 is 14.4 Å². The average Bonchev–Trinajstić information content (AvgIpc) is 3.52. The van der Waals surface area contributed by atoms with Gasteiger partial charge in [0.15, 0.2) is 0 Å². The van der Waals surface area contributed by atoms with E-state index in [0.29, 0.717) is 39.7 Å². The predicted molar refractivity (Wildman–Crippen MR) is 156 cm³/mol. The third kappa shape index (κ3) is 3.98. The monoisotopic (exact) mass is 644 g/mol. The van der Waals surface area contributed by atoms with E-state index >= 15 is 0 Å². The maximum Gasteiger partial charge on any atom is 0.145 e. The predicted octanol–water partition coefficient (Wildman–Crippen LogP) is 8.88. The van der Waals surface area contributed by atoms with Gasteiger partial charge in [-0.1, -0.05) is 50.4 Å². The summed E-state index contributed by atoms with van der Waals surface area (Å²) < 4.78 is 15.0. The number of hydrogen-bond acceptors (Lipinski definition) is 6. The van der Waals surface area contributed by atoms with Gasteiger partial charge in [0.25, 0.3) is 0 Å². The first-order valence-electron chi connectivity index (χ1n) is 13.7. The highest BCUT2D eigenvalue weighted by molar-refractivity contribution is 9.10. The molecule has 5 atom stereocenters. The Labute approximate surface area is 249 Å². The quantitative estimate of drug-likeness (QED) is 0.227. The molecule has 9 rings (SSSR count). The fourth-order valence-electron chi connectivity index (χ4n) is 7.78. The van der Waals surface area contributed by atoms with E-state index in [1.165, 1.54) is 0 Å². The lowest BCUT2D eigenvalue weighted by molar-refractivity contribution is -0.250. The van der Waals surface area contributed by atoms with Crippen molar-refractivity contribution in [3.05, 3.63) is 67.2 Å². The van der Waals surface area contributed by atoms with Crippen LogP contribution in [0.4, 0.5) is 0 Å². The lowest BCUT2D eigenvalue weighted by Crippen LogP contribution is -2.62. The number of aromatic nitrogens is 2. The van der Waals surface area contributed by atoms with Gasteiger partial charge in [0.1, 0.15) is 22.1 Å². The maximum absolute atomic E-state index is 12.3. The second-order valence-corrected chi connectivity index (χ2v) is 14.8. The van der Waals surface area contributed by atoms with Gasteiger partial charge in [0.2, 0.25) is 0 Å². The smallest absolute Gasteiger partial charge is 0.145 e. The molecule has 0 radical (unpaired) electrons. The first-order valence-corrected chi connectivity index (χ1v) is 16.1. The molecule has 0 unspecified atom stereocenters. The minimum atomic E-state index is -0.896. The Hall–Kier alpha value is -1.48. The van der Waals surface area contributed by atoms with Crippen LogP contribution in [0.2, 0.25) is 10.0 Å². The summed E-state index contributed by atoms with van der Waals surface area (Å²) in [7, 11) is 0. The Morgan fingerprint density at radius 1 is 1.08 bits per heavy atom. The van der Waals surface area contributed by atoms with Crippen LogP contribution in [0.5, 0.6) is 0 Å². The zero-order chi connectivity index (χ0) is 26.5. The molecular formula is C30H27BrCl2N2O3S. The van der Waals surface area contributed by atoms with E-state index in [-0.39, 0.29) is 17.4 Å². The van der Waals surface area contributed by atoms with Crippen LogP contribution in [-0.2, 0) is 16.9 Å². The second kappa shape index (κ2) is 9.01. The van der Waals surface area contributed by atoms with E-state index in [9.17, 15) is 5.11 Å². The lowest BCUT2D eigenvalue weighted by atomic mass is 9.48. The van der Waals surface area contributed by atoms with E-state index in [4.69, 9.17) is 37.4 Å². The number of fused-ring (bicyclic) bond motifs is 1. The number of rotatable bonds is 6. The molecular weight excluding hydrogens is 619 g/mol. The summed E-state index contributed by atoms with van der Waals surface area (Å²) >= 11 is 18.4. The molecule has 5 nitrogen and oxygen atoms in total. The molecule has 0 saturated heterocycles. The number of thiazole rings is 1. The summed E-state index contributed by atoms with van der Waals surface area (Å²) in [6, 6.07) is 11.6. The maximum atomic E-state index is 12.3. The normalized spacial score (nSPS) is 31.4. The van der Waals surface area contributed by atoms with Crippen LogP contribution < -0.4 is 0 Å². The number of hydrogen-bond donors (Lipinski definition) is 1. The number of aliphatic hydroxyl groups is 1. The average molecular weight is 646 g/mol. The van der Waals surface area contributed by atoms with Crippen molar-refractivity contribution in [2.45, 2.75) is 68.7 Å². The van der Waals surface area contributed by atoms with Gasteiger partial charge in [0.05, 0.1) is 32.5 Å². The van der Waals surface area contributed by atoms with Gasteiger partial charge in [-0.2, -0.15) is 0 Å². The van der Waals surface area contributed by atoms with E-state index in [1.54, 1.807) is 11.3 Å². The molecule has 5 aliphatic carbocycles. The van der Waals surface area contributed by atoms with Crippen LogP contribution in [0.1, 0.15) is 67.2 Å². The summed E-state index contributed by atoms with van der Waals surface area (Å²) in [5.74, 6) is 2.12. The van der Waals surface area contributed by atoms with Gasteiger partial charge >= 0.3 is 0 Å². The third-order valence-corrected chi connectivity index (χ3v) is 11.8. The van der Waals surface area contributed by atoms with Crippen molar-refractivity contribution in [3.63, 3.8) is 0 Å².